The molecule has 2 heteroatoms. The number of rotatable bonds is 2. The zero-order valence-electron chi connectivity index (χ0n) is 6.09. The first-order chi connectivity index (χ1) is 4.34. The lowest BCUT2D eigenvalue weighted by Crippen LogP contribution is -2.17. The molecule has 54 valence electrons. The largest absolute Gasteiger partial charge is 0.350 e. The van der Waals surface area contributed by atoms with Crippen LogP contribution < -0.4 is 0 Å². The molecule has 1 unspecified atom stereocenters. The van der Waals surface area contributed by atoms with Gasteiger partial charge < -0.3 is 9.47 Å². The Morgan fingerprint density at radius 3 is 2.44 bits per heavy atom. The maximum absolute atomic E-state index is 5.28. The van der Waals surface area contributed by atoms with Crippen molar-refractivity contribution in [3.8, 4) is 0 Å². The molecule has 0 spiro atoms. The average molecular weight is 130 g/mol. The van der Waals surface area contributed by atoms with Crippen molar-refractivity contribution in [3.63, 3.8) is 0 Å². The molecule has 1 aliphatic heterocycles. The third-order valence-corrected chi connectivity index (χ3v) is 1.76. The maximum Gasteiger partial charge on any atom is 0.160 e. The van der Waals surface area contributed by atoms with Crippen LogP contribution in [0.5, 0.6) is 0 Å². The Labute approximate surface area is 56.2 Å². The maximum atomic E-state index is 5.28. The van der Waals surface area contributed by atoms with E-state index in [-0.39, 0.29) is 6.29 Å². The standard InChI is InChI=1S/C7H14O2/c1-3-6(2)7-8-4-5-9-7/h6-7H,3-5H2,1-2H3. The van der Waals surface area contributed by atoms with Gasteiger partial charge in [-0.2, -0.15) is 0 Å². The van der Waals surface area contributed by atoms with E-state index in [9.17, 15) is 0 Å². The van der Waals surface area contributed by atoms with Gasteiger partial charge >= 0.3 is 0 Å². The van der Waals surface area contributed by atoms with Crippen LogP contribution in [0.15, 0.2) is 0 Å². The van der Waals surface area contributed by atoms with Crippen LogP contribution in [-0.2, 0) is 9.47 Å². The van der Waals surface area contributed by atoms with E-state index in [1.807, 2.05) is 0 Å². The van der Waals surface area contributed by atoms with Crippen LogP contribution in [-0.4, -0.2) is 19.5 Å². The highest BCUT2D eigenvalue weighted by atomic mass is 16.7. The molecule has 0 saturated carbocycles. The van der Waals surface area contributed by atoms with E-state index in [1.165, 1.54) is 0 Å². The molecule has 0 aromatic carbocycles. The fraction of sp³-hybridized carbons (Fsp3) is 1.00. The number of hydrogen-bond donors (Lipinski definition) is 0. The van der Waals surface area contributed by atoms with E-state index in [2.05, 4.69) is 13.8 Å². The van der Waals surface area contributed by atoms with Crippen LogP contribution in [0, 0.1) is 5.92 Å². The van der Waals surface area contributed by atoms with Crippen molar-refractivity contribution in [2.24, 2.45) is 5.92 Å². The molecule has 0 bridgehead atoms. The van der Waals surface area contributed by atoms with Gasteiger partial charge in [0.1, 0.15) is 0 Å². The van der Waals surface area contributed by atoms with Gasteiger partial charge in [-0.05, 0) is 6.42 Å². The van der Waals surface area contributed by atoms with Crippen molar-refractivity contribution in [1.82, 2.24) is 0 Å². The van der Waals surface area contributed by atoms with Crippen LogP contribution in [0.1, 0.15) is 20.3 Å². The first kappa shape index (κ1) is 7.03. The summed E-state index contributed by atoms with van der Waals surface area (Å²) in [5.41, 5.74) is 0. The predicted octanol–water partition coefficient (Wildman–Crippen LogP) is 1.41. The highest BCUT2D eigenvalue weighted by Gasteiger charge is 2.20. The van der Waals surface area contributed by atoms with Crippen LogP contribution in [0.4, 0.5) is 0 Å². The molecular formula is C7H14O2. The van der Waals surface area contributed by atoms with Crippen LogP contribution in [0.2, 0.25) is 0 Å². The minimum absolute atomic E-state index is 0.0787. The van der Waals surface area contributed by atoms with E-state index >= 15 is 0 Å². The first-order valence-corrected chi connectivity index (χ1v) is 3.57. The van der Waals surface area contributed by atoms with Gasteiger partial charge in [-0.3, -0.25) is 0 Å². The molecule has 1 rings (SSSR count). The lowest BCUT2D eigenvalue weighted by atomic mass is 10.1. The Morgan fingerprint density at radius 2 is 2.00 bits per heavy atom. The molecule has 0 aromatic heterocycles. The zero-order valence-corrected chi connectivity index (χ0v) is 6.09. The van der Waals surface area contributed by atoms with Crippen molar-refractivity contribution >= 4 is 0 Å². The summed E-state index contributed by atoms with van der Waals surface area (Å²) < 4.78 is 10.6. The molecule has 0 aromatic rings. The molecular weight excluding hydrogens is 116 g/mol. The van der Waals surface area contributed by atoms with Crippen molar-refractivity contribution < 1.29 is 9.47 Å². The Hall–Kier alpha value is -0.0800. The lowest BCUT2D eigenvalue weighted by molar-refractivity contribution is -0.0790. The second-order valence-electron chi connectivity index (χ2n) is 2.50. The molecule has 1 aliphatic rings. The monoisotopic (exact) mass is 130 g/mol. The Kier molecular flexibility index (Phi) is 2.49. The fourth-order valence-electron chi connectivity index (χ4n) is 0.898. The molecule has 1 heterocycles. The second kappa shape index (κ2) is 3.18. The van der Waals surface area contributed by atoms with Crippen molar-refractivity contribution in [1.29, 1.82) is 0 Å². The van der Waals surface area contributed by atoms with Gasteiger partial charge in [0.05, 0.1) is 13.2 Å². The van der Waals surface area contributed by atoms with E-state index < -0.39 is 0 Å². The van der Waals surface area contributed by atoms with Gasteiger partial charge in [-0.15, -0.1) is 0 Å². The smallest absolute Gasteiger partial charge is 0.160 e. The highest BCUT2D eigenvalue weighted by Crippen LogP contribution is 2.16. The van der Waals surface area contributed by atoms with E-state index in [0.717, 1.165) is 19.6 Å². The Bertz CT molecular complexity index is 77.0. The van der Waals surface area contributed by atoms with Crippen LogP contribution >= 0.6 is 0 Å². The van der Waals surface area contributed by atoms with Gasteiger partial charge in [0.2, 0.25) is 0 Å². The number of hydrogen-bond acceptors (Lipinski definition) is 2. The van der Waals surface area contributed by atoms with Crippen LogP contribution in [0.3, 0.4) is 0 Å². The van der Waals surface area contributed by atoms with Gasteiger partial charge in [0.25, 0.3) is 0 Å². The molecule has 1 atom stereocenters. The lowest BCUT2D eigenvalue weighted by Gasteiger charge is -2.14. The molecule has 0 radical (unpaired) electrons. The Morgan fingerprint density at radius 1 is 1.44 bits per heavy atom. The molecule has 0 aliphatic carbocycles. The predicted molar refractivity (Wildman–Crippen MR) is 35.1 cm³/mol. The zero-order chi connectivity index (χ0) is 6.69. The van der Waals surface area contributed by atoms with E-state index in [4.69, 9.17) is 9.47 Å². The first-order valence-electron chi connectivity index (χ1n) is 3.57. The van der Waals surface area contributed by atoms with Crippen molar-refractivity contribution in [2.45, 2.75) is 26.6 Å². The molecule has 1 fully saturated rings. The van der Waals surface area contributed by atoms with Gasteiger partial charge in [-0.1, -0.05) is 13.8 Å². The quantitative estimate of drug-likeness (QED) is 0.562. The second-order valence-corrected chi connectivity index (χ2v) is 2.50. The summed E-state index contributed by atoms with van der Waals surface area (Å²) in [4.78, 5) is 0. The molecule has 1 saturated heterocycles. The minimum Gasteiger partial charge on any atom is -0.350 e. The number of ether oxygens (including phenoxy) is 2. The highest BCUT2D eigenvalue weighted by molar-refractivity contribution is 4.58. The van der Waals surface area contributed by atoms with E-state index in [0.29, 0.717) is 5.92 Å². The SMILES string of the molecule is CCC(C)C1OCCO1. The average Bonchev–Trinajstić information content (AvgIpc) is 2.37. The summed E-state index contributed by atoms with van der Waals surface area (Å²) in [6.07, 6.45) is 1.21. The molecule has 0 amide bonds. The summed E-state index contributed by atoms with van der Waals surface area (Å²) >= 11 is 0. The van der Waals surface area contributed by atoms with Crippen molar-refractivity contribution in [2.75, 3.05) is 13.2 Å². The minimum atomic E-state index is 0.0787. The third-order valence-electron chi connectivity index (χ3n) is 1.76. The summed E-state index contributed by atoms with van der Waals surface area (Å²) in [6.45, 7) is 5.84. The third kappa shape index (κ3) is 1.66. The van der Waals surface area contributed by atoms with Gasteiger partial charge in [0, 0.05) is 5.92 Å². The molecule has 0 N–H and O–H groups in total. The normalized spacial score (nSPS) is 24.7. The van der Waals surface area contributed by atoms with Gasteiger partial charge in [-0.25, -0.2) is 0 Å². The van der Waals surface area contributed by atoms with Crippen molar-refractivity contribution in [3.05, 3.63) is 0 Å². The van der Waals surface area contributed by atoms with E-state index in [1.54, 1.807) is 0 Å². The fourth-order valence-corrected chi connectivity index (χ4v) is 0.898. The molecule has 2 nitrogen and oxygen atoms in total. The molecule has 9 heavy (non-hydrogen) atoms. The summed E-state index contributed by atoms with van der Waals surface area (Å²) in [5, 5.41) is 0. The van der Waals surface area contributed by atoms with Gasteiger partial charge in [0.15, 0.2) is 6.29 Å². The summed E-state index contributed by atoms with van der Waals surface area (Å²) in [6, 6.07) is 0. The summed E-state index contributed by atoms with van der Waals surface area (Å²) in [5.74, 6) is 0.549. The summed E-state index contributed by atoms with van der Waals surface area (Å²) in [7, 11) is 0. The Balaban J connectivity index is 2.24. The topological polar surface area (TPSA) is 18.5 Å². The van der Waals surface area contributed by atoms with Crippen LogP contribution in [0.25, 0.3) is 0 Å².